The molecular weight excluding hydrogens is 250 g/mol. The number of nitrogens with one attached hydrogen (secondary N) is 1. The van der Waals surface area contributed by atoms with E-state index in [1.807, 2.05) is 6.20 Å². The van der Waals surface area contributed by atoms with Crippen molar-refractivity contribution in [2.24, 2.45) is 0 Å². The van der Waals surface area contributed by atoms with Crippen LogP contribution in [0.3, 0.4) is 0 Å². The van der Waals surface area contributed by atoms with Crippen molar-refractivity contribution in [2.45, 2.75) is 52.2 Å². The molecule has 0 radical (unpaired) electrons. The molecule has 2 heterocycles. The van der Waals surface area contributed by atoms with Gasteiger partial charge in [0.2, 0.25) is 0 Å². The predicted octanol–water partition coefficient (Wildman–Crippen LogP) is 2.58. The van der Waals surface area contributed by atoms with Gasteiger partial charge in [-0.05, 0) is 38.8 Å². The number of pyridine rings is 1. The van der Waals surface area contributed by atoms with Gasteiger partial charge in [-0.1, -0.05) is 13.0 Å². The van der Waals surface area contributed by atoms with Gasteiger partial charge in [0.05, 0.1) is 19.3 Å². The van der Waals surface area contributed by atoms with Crippen LogP contribution < -0.4 is 10.2 Å². The molecular formula is C16H27N3O. The molecule has 1 fully saturated rings. The summed E-state index contributed by atoms with van der Waals surface area (Å²) < 4.78 is 5.55. The zero-order valence-electron chi connectivity index (χ0n) is 13.1. The lowest BCUT2D eigenvalue weighted by molar-refractivity contribution is 0.0925. The fourth-order valence-corrected chi connectivity index (χ4v) is 2.35. The van der Waals surface area contributed by atoms with Crippen LogP contribution in [-0.2, 0) is 11.3 Å². The molecule has 1 aliphatic rings. The largest absolute Gasteiger partial charge is 0.377 e. The molecule has 1 saturated heterocycles. The standard InChI is InChI=1S/C16H27N3O/c1-5-14-12-20-9-8-19(14)15-7-6-13(10-17-15)11-18-16(2,3)4/h6-7,10,14,18H,5,8-9,11-12H2,1-4H3. The van der Waals surface area contributed by atoms with Crippen LogP contribution in [-0.4, -0.2) is 36.3 Å². The highest BCUT2D eigenvalue weighted by Crippen LogP contribution is 2.19. The van der Waals surface area contributed by atoms with Gasteiger partial charge in [0.15, 0.2) is 0 Å². The molecule has 0 aliphatic carbocycles. The minimum atomic E-state index is 0.135. The summed E-state index contributed by atoms with van der Waals surface area (Å²) in [4.78, 5) is 7.00. The van der Waals surface area contributed by atoms with E-state index in [0.717, 1.165) is 38.5 Å². The molecule has 1 atom stereocenters. The van der Waals surface area contributed by atoms with Gasteiger partial charge in [-0.2, -0.15) is 0 Å². The summed E-state index contributed by atoms with van der Waals surface area (Å²) in [5.41, 5.74) is 1.36. The average Bonchev–Trinajstić information content (AvgIpc) is 2.45. The second kappa shape index (κ2) is 6.55. The van der Waals surface area contributed by atoms with E-state index in [1.54, 1.807) is 0 Å². The molecule has 0 bridgehead atoms. The molecule has 1 aromatic heterocycles. The van der Waals surface area contributed by atoms with Crippen LogP contribution >= 0.6 is 0 Å². The minimum Gasteiger partial charge on any atom is -0.377 e. The SMILES string of the molecule is CCC1COCCN1c1ccc(CNC(C)(C)C)cn1. The Morgan fingerprint density at radius 3 is 2.80 bits per heavy atom. The maximum absolute atomic E-state index is 5.55. The smallest absolute Gasteiger partial charge is 0.128 e. The first-order valence-electron chi connectivity index (χ1n) is 7.54. The number of nitrogens with zero attached hydrogens (tertiary/aromatic N) is 2. The van der Waals surface area contributed by atoms with Gasteiger partial charge in [-0.15, -0.1) is 0 Å². The molecule has 1 unspecified atom stereocenters. The monoisotopic (exact) mass is 277 g/mol. The van der Waals surface area contributed by atoms with Gasteiger partial charge in [-0.3, -0.25) is 0 Å². The summed E-state index contributed by atoms with van der Waals surface area (Å²) in [6.45, 7) is 12.1. The number of ether oxygens (including phenoxy) is 1. The zero-order chi connectivity index (χ0) is 14.6. The molecule has 0 amide bonds. The maximum Gasteiger partial charge on any atom is 0.128 e. The van der Waals surface area contributed by atoms with E-state index in [2.05, 4.69) is 55.0 Å². The van der Waals surface area contributed by atoms with E-state index in [1.165, 1.54) is 5.56 Å². The Kier molecular flexibility index (Phi) is 5.00. The van der Waals surface area contributed by atoms with E-state index in [9.17, 15) is 0 Å². The molecule has 1 N–H and O–H groups in total. The highest BCUT2D eigenvalue weighted by molar-refractivity contribution is 5.41. The Balaban J connectivity index is 2.00. The fourth-order valence-electron chi connectivity index (χ4n) is 2.35. The van der Waals surface area contributed by atoms with E-state index in [-0.39, 0.29) is 5.54 Å². The lowest BCUT2D eigenvalue weighted by Gasteiger charge is -2.36. The summed E-state index contributed by atoms with van der Waals surface area (Å²) in [7, 11) is 0. The fraction of sp³-hybridized carbons (Fsp3) is 0.688. The van der Waals surface area contributed by atoms with Gasteiger partial charge in [0, 0.05) is 24.8 Å². The van der Waals surface area contributed by atoms with Gasteiger partial charge < -0.3 is 15.0 Å². The number of morpholine rings is 1. The summed E-state index contributed by atoms with van der Waals surface area (Å²) >= 11 is 0. The Morgan fingerprint density at radius 1 is 1.40 bits per heavy atom. The second-order valence-electron chi connectivity index (χ2n) is 6.46. The molecule has 4 nitrogen and oxygen atoms in total. The van der Waals surface area contributed by atoms with Crippen LogP contribution in [0.25, 0.3) is 0 Å². The lowest BCUT2D eigenvalue weighted by atomic mass is 10.1. The predicted molar refractivity (Wildman–Crippen MR) is 83.1 cm³/mol. The zero-order valence-corrected chi connectivity index (χ0v) is 13.1. The van der Waals surface area contributed by atoms with Crippen LogP contribution in [0.5, 0.6) is 0 Å². The van der Waals surface area contributed by atoms with E-state index < -0.39 is 0 Å². The van der Waals surface area contributed by atoms with E-state index in [4.69, 9.17) is 4.74 Å². The number of rotatable bonds is 4. The molecule has 0 aromatic carbocycles. The molecule has 4 heteroatoms. The third-order valence-electron chi connectivity index (χ3n) is 3.63. The van der Waals surface area contributed by atoms with Crippen molar-refractivity contribution in [2.75, 3.05) is 24.7 Å². The molecule has 0 saturated carbocycles. The maximum atomic E-state index is 5.55. The number of aromatic nitrogens is 1. The molecule has 1 aliphatic heterocycles. The molecule has 20 heavy (non-hydrogen) atoms. The summed E-state index contributed by atoms with van der Waals surface area (Å²) in [5, 5.41) is 3.48. The molecule has 2 rings (SSSR count). The van der Waals surface area contributed by atoms with Crippen LogP contribution in [0.15, 0.2) is 18.3 Å². The molecule has 0 spiro atoms. The van der Waals surface area contributed by atoms with Gasteiger partial charge in [0.1, 0.15) is 5.82 Å². The Labute approximate surface area is 122 Å². The normalized spacial score (nSPS) is 20.2. The van der Waals surface area contributed by atoms with Crippen molar-refractivity contribution in [3.05, 3.63) is 23.9 Å². The minimum absolute atomic E-state index is 0.135. The highest BCUT2D eigenvalue weighted by atomic mass is 16.5. The summed E-state index contributed by atoms with van der Waals surface area (Å²) in [6, 6.07) is 4.76. The highest BCUT2D eigenvalue weighted by Gasteiger charge is 2.22. The van der Waals surface area contributed by atoms with Gasteiger partial charge in [0.25, 0.3) is 0 Å². The third kappa shape index (κ3) is 4.18. The van der Waals surface area contributed by atoms with Crippen LogP contribution in [0.1, 0.15) is 39.7 Å². The Morgan fingerprint density at radius 2 is 2.20 bits per heavy atom. The first-order chi connectivity index (χ1) is 9.49. The van der Waals surface area contributed by atoms with E-state index >= 15 is 0 Å². The summed E-state index contributed by atoms with van der Waals surface area (Å²) in [6.07, 6.45) is 3.07. The first kappa shape index (κ1) is 15.3. The first-order valence-corrected chi connectivity index (χ1v) is 7.54. The Bertz CT molecular complexity index is 411. The quantitative estimate of drug-likeness (QED) is 0.918. The molecule has 112 valence electrons. The van der Waals surface area contributed by atoms with Gasteiger partial charge >= 0.3 is 0 Å². The second-order valence-corrected chi connectivity index (χ2v) is 6.46. The van der Waals surface area contributed by atoms with Crippen LogP contribution in [0.4, 0.5) is 5.82 Å². The average molecular weight is 277 g/mol. The van der Waals surface area contributed by atoms with Crippen molar-refractivity contribution in [3.8, 4) is 0 Å². The summed E-state index contributed by atoms with van der Waals surface area (Å²) in [5.74, 6) is 1.07. The number of hydrogen-bond acceptors (Lipinski definition) is 4. The molecule has 1 aromatic rings. The topological polar surface area (TPSA) is 37.4 Å². The number of hydrogen-bond donors (Lipinski definition) is 1. The third-order valence-corrected chi connectivity index (χ3v) is 3.63. The van der Waals surface area contributed by atoms with Crippen molar-refractivity contribution in [1.29, 1.82) is 0 Å². The van der Waals surface area contributed by atoms with Crippen LogP contribution in [0.2, 0.25) is 0 Å². The van der Waals surface area contributed by atoms with Crippen molar-refractivity contribution >= 4 is 5.82 Å². The number of anilines is 1. The van der Waals surface area contributed by atoms with Crippen molar-refractivity contribution in [3.63, 3.8) is 0 Å². The van der Waals surface area contributed by atoms with Crippen molar-refractivity contribution in [1.82, 2.24) is 10.3 Å². The van der Waals surface area contributed by atoms with Crippen LogP contribution in [0, 0.1) is 0 Å². The van der Waals surface area contributed by atoms with Gasteiger partial charge in [-0.25, -0.2) is 4.98 Å². The van der Waals surface area contributed by atoms with Crippen molar-refractivity contribution < 1.29 is 4.74 Å². The lowest BCUT2D eigenvalue weighted by Crippen LogP contribution is -2.45. The van der Waals surface area contributed by atoms with E-state index in [0.29, 0.717) is 6.04 Å². The Hall–Kier alpha value is -1.13.